The van der Waals surface area contributed by atoms with E-state index in [1.54, 1.807) is 12.1 Å². The second-order valence-corrected chi connectivity index (χ2v) is 6.00. The Bertz CT molecular complexity index is 692. The molecule has 0 aliphatic heterocycles. The molecule has 0 spiro atoms. The third-order valence-electron chi connectivity index (χ3n) is 3.99. The number of benzene rings is 2. The van der Waals surface area contributed by atoms with E-state index in [0.29, 0.717) is 12.3 Å². The van der Waals surface area contributed by atoms with Gasteiger partial charge in [0.2, 0.25) is 5.91 Å². The number of ether oxygens (including phenoxy) is 1. The van der Waals surface area contributed by atoms with Crippen LogP contribution in [0.25, 0.3) is 0 Å². The first-order valence-corrected chi connectivity index (χ1v) is 9.20. The number of rotatable bonds is 11. The molecule has 0 aromatic heterocycles. The van der Waals surface area contributed by atoms with Crippen LogP contribution in [-0.2, 0) is 9.59 Å². The number of nitrogens with zero attached hydrogens (tertiary/aromatic N) is 1. The second kappa shape index (κ2) is 11.6. The summed E-state index contributed by atoms with van der Waals surface area (Å²) >= 11 is 0. The van der Waals surface area contributed by atoms with Crippen molar-refractivity contribution in [3.05, 3.63) is 60.7 Å². The molecule has 6 nitrogen and oxygen atoms in total. The first-order chi connectivity index (χ1) is 13.2. The first-order valence-electron chi connectivity index (χ1n) is 9.20. The van der Waals surface area contributed by atoms with Gasteiger partial charge in [0.15, 0.2) is 6.61 Å². The van der Waals surface area contributed by atoms with E-state index in [1.165, 1.54) is 5.69 Å². The van der Waals surface area contributed by atoms with Crippen LogP contribution in [0, 0.1) is 0 Å². The van der Waals surface area contributed by atoms with E-state index in [9.17, 15) is 9.59 Å². The number of anilines is 1. The number of carbonyl (C=O) groups is 2. The molecule has 0 fully saturated rings. The molecule has 0 bridgehead atoms. The Kier molecular flexibility index (Phi) is 8.69. The Morgan fingerprint density at radius 2 is 1.59 bits per heavy atom. The predicted octanol–water partition coefficient (Wildman–Crippen LogP) is 2.21. The Labute approximate surface area is 160 Å². The van der Waals surface area contributed by atoms with Crippen LogP contribution in [0.15, 0.2) is 60.7 Å². The number of nitrogens with one attached hydrogen (secondary N) is 2. The standard InChI is InChI=1S/C21H27N3O3/c1-2-24(18-10-5-3-6-11-18)15-9-14-22-20(25)16-23-21(26)17-27-19-12-7-4-8-13-19/h3-8,10-13H,2,9,14-17H2,1H3,(H,22,25)(H,23,26). The minimum absolute atomic E-state index is 0.0485. The van der Waals surface area contributed by atoms with E-state index in [2.05, 4.69) is 34.6 Å². The number of hydrogen-bond acceptors (Lipinski definition) is 4. The molecule has 2 aromatic rings. The minimum Gasteiger partial charge on any atom is -0.484 e. The van der Waals surface area contributed by atoms with Crippen molar-refractivity contribution in [3.63, 3.8) is 0 Å². The smallest absolute Gasteiger partial charge is 0.258 e. The van der Waals surface area contributed by atoms with E-state index in [1.807, 2.05) is 36.4 Å². The van der Waals surface area contributed by atoms with Gasteiger partial charge in [-0.15, -0.1) is 0 Å². The molecule has 0 aliphatic carbocycles. The van der Waals surface area contributed by atoms with Gasteiger partial charge in [0, 0.05) is 25.3 Å². The molecule has 27 heavy (non-hydrogen) atoms. The zero-order valence-corrected chi connectivity index (χ0v) is 15.7. The average Bonchev–Trinajstić information content (AvgIpc) is 2.72. The molecule has 2 rings (SSSR count). The highest BCUT2D eigenvalue weighted by Gasteiger charge is 2.07. The Hall–Kier alpha value is -3.02. The Balaban J connectivity index is 1.57. The third-order valence-corrected chi connectivity index (χ3v) is 3.99. The van der Waals surface area contributed by atoms with Crippen molar-refractivity contribution in [2.75, 3.05) is 37.7 Å². The van der Waals surface area contributed by atoms with Crippen molar-refractivity contribution in [1.82, 2.24) is 10.6 Å². The monoisotopic (exact) mass is 369 g/mol. The molecule has 0 saturated heterocycles. The summed E-state index contributed by atoms with van der Waals surface area (Å²) in [5.74, 6) is 0.0945. The lowest BCUT2D eigenvalue weighted by Crippen LogP contribution is -2.39. The lowest BCUT2D eigenvalue weighted by molar-refractivity contribution is -0.127. The number of hydrogen-bond donors (Lipinski definition) is 2. The molecular formula is C21H27N3O3. The van der Waals surface area contributed by atoms with Gasteiger partial charge < -0.3 is 20.3 Å². The molecule has 2 N–H and O–H groups in total. The molecule has 0 atom stereocenters. The number of carbonyl (C=O) groups excluding carboxylic acids is 2. The maximum atomic E-state index is 11.8. The fourth-order valence-electron chi connectivity index (χ4n) is 2.56. The zero-order chi connectivity index (χ0) is 19.3. The highest BCUT2D eigenvalue weighted by molar-refractivity contribution is 5.85. The minimum atomic E-state index is -0.324. The number of amides is 2. The molecule has 0 unspecified atom stereocenters. The summed E-state index contributed by atoms with van der Waals surface area (Å²) in [6, 6.07) is 19.3. The normalized spacial score (nSPS) is 10.1. The van der Waals surface area contributed by atoms with Crippen molar-refractivity contribution in [1.29, 1.82) is 0 Å². The number of para-hydroxylation sites is 2. The largest absolute Gasteiger partial charge is 0.484 e. The lowest BCUT2D eigenvalue weighted by Gasteiger charge is -2.23. The van der Waals surface area contributed by atoms with Crippen LogP contribution >= 0.6 is 0 Å². The molecule has 144 valence electrons. The van der Waals surface area contributed by atoms with Gasteiger partial charge in [-0.3, -0.25) is 9.59 Å². The van der Waals surface area contributed by atoms with Crippen molar-refractivity contribution in [2.45, 2.75) is 13.3 Å². The van der Waals surface area contributed by atoms with Gasteiger partial charge in [-0.05, 0) is 37.6 Å². The average molecular weight is 369 g/mol. The highest BCUT2D eigenvalue weighted by atomic mass is 16.5. The first kappa shape index (κ1) is 20.3. The molecule has 6 heteroatoms. The van der Waals surface area contributed by atoms with Crippen molar-refractivity contribution in [2.24, 2.45) is 0 Å². The summed E-state index contributed by atoms with van der Waals surface area (Å²) in [6.07, 6.45) is 0.833. The highest BCUT2D eigenvalue weighted by Crippen LogP contribution is 2.12. The molecule has 2 aromatic carbocycles. The SMILES string of the molecule is CCN(CCCNC(=O)CNC(=O)COc1ccccc1)c1ccccc1. The summed E-state index contributed by atoms with van der Waals surface area (Å²) < 4.78 is 5.33. The van der Waals surface area contributed by atoms with Crippen LogP contribution < -0.4 is 20.3 Å². The molecular weight excluding hydrogens is 342 g/mol. The third kappa shape index (κ3) is 7.81. The van der Waals surface area contributed by atoms with E-state index < -0.39 is 0 Å². The van der Waals surface area contributed by atoms with Crippen LogP contribution in [-0.4, -0.2) is 44.6 Å². The van der Waals surface area contributed by atoms with Crippen LogP contribution in [0.4, 0.5) is 5.69 Å². The van der Waals surface area contributed by atoms with Crippen LogP contribution in [0.1, 0.15) is 13.3 Å². The van der Waals surface area contributed by atoms with Crippen LogP contribution in [0.5, 0.6) is 5.75 Å². The van der Waals surface area contributed by atoms with E-state index >= 15 is 0 Å². The van der Waals surface area contributed by atoms with E-state index in [0.717, 1.165) is 19.5 Å². The molecule has 0 radical (unpaired) electrons. The summed E-state index contributed by atoms with van der Waals surface area (Å²) in [7, 11) is 0. The maximum absolute atomic E-state index is 11.8. The molecule has 0 saturated carbocycles. The van der Waals surface area contributed by atoms with Gasteiger partial charge in [0.1, 0.15) is 5.75 Å². The van der Waals surface area contributed by atoms with Gasteiger partial charge in [-0.25, -0.2) is 0 Å². The Morgan fingerprint density at radius 3 is 2.26 bits per heavy atom. The molecule has 0 heterocycles. The Morgan fingerprint density at radius 1 is 0.926 bits per heavy atom. The fraction of sp³-hybridized carbons (Fsp3) is 0.333. The van der Waals surface area contributed by atoms with E-state index in [-0.39, 0.29) is 25.0 Å². The maximum Gasteiger partial charge on any atom is 0.258 e. The van der Waals surface area contributed by atoms with Gasteiger partial charge in [-0.1, -0.05) is 36.4 Å². The molecule has 2 amide bonds. The van der Waals surface area contributed by atoms with Crippen LogP contribution in [0.3, 0.4) is 0 Å². The van der Waals surface area contributed by atoms with Crippen LogP contribution in [0.2, 0.25) is 0 Å². The summed E-state index contributed by atoms with van der Waals surface area (Å²) in [5, 5.41) is 5.37. The summed E-state index contributed by atoms with van der Waals surface area (Å²) in [6.45, 7) is 4.29. The summed E-state index contributed by atoms with van der Waals surface area (Å²) in [5.41, 5.74) is 1.18. The zero-order valence-electron chi connectivity index (χ0n) is 15.7. The lowest BCUT2D eigenvalue weighted by atomic mass is 10.2. The molecule has 0 aliphatic rings. The van der Waals surface area contributed by atoms with Gasteiger partial charge in [-0.2, -0.15) is 0 Å². The quantitative estimate of drug-likeness (QED) is 0.596. The summed E-state index contributed by atoms with van der Waals surface area (Å²) in [4.78, 5) is 25.8. The van der Waals surface area contributed by atoms with Gasteiger partial charge in [0.25, 0.3) is 5.91 Å². The van der Waals surface area contributed by atoms with Crippen molar-refractivity contribution >= 4 is 17.5 Å². The van der Waals surface area contributed by atoms with Crippen molar-refractivity contribution in [3.8, 4) is 5.75 Å². The predicted molar refractivity (Wildman–Crippen MR) is 107 cm³/mol. The fourth-order valence-corrected chi connectivity index (χ4v) is 2.56. The van der Waals surface area contributed by atoms with Gasteiger partial charge >= 0.3 is 0 Å². The second-order valence-electron chi connectivity index (χ2n) is 6.00. The van der Waals surface area contributed by atoms with Crippen molar-refractivity contribution < 1.29 is 14.3 Å². The van der Waals surface area contributed by atoms with E-state index in [4.69, 9.17) is 4.74 Å². The van der Waals surface area contributed by atoms with Gasteiger partial charge in [0.05, 0.1) is 6.54 Å². The topological polar surface area (TPSA) is 70.7 Å².